The fraction of sp³-hybridized carbons (Fsp3) is 0.350. The van der Waals surface area contributed by atoms with Gasteiger partial charge in [-0.15, -0.1) is 0 Å². The summed E-state index contributed by atoms with van der Waals surface area (Å²) in [6, 6.07) is 8.90. The highest BCUT2D eigenvalue weighted by molar-refractivity contribution is 8.00. The summed E-state index contributed by atoms with van der Waals surface area (Å²) < 4.78 is 37.8. The standard InChI is InChI=1S/C20H20F3NO3S/c1-19(2,3)13-6-4-12(5-7-13)15(25)10-16(18(26)27)28-17-9-8-14(11-24-17)20(21,22)23/h4-9,11,16H,10H2,1-3H3,(H,26,27)/t16-/m0/s1. The Bertz CT molecular complexity index is 841. The molecule has 28 heavy (non-hydrogen) atoms. The van der Waals surface area contributed by atoms with Crippen LogP contribution in [0.4, 0.5) is 13.2 Å². The van der Waals surface area contributed by atoms with Crippen molar-refractivity contribution in [3.8, 4) is 0 Å². The van der Waals surface area contributed by atoms with E-state index in [1.807, 2.05) is 32.9 Å². The number of alkyl halides is 3. The third-order valence-corrected chi connectivity index (χ3v) is 5.18. The monoisotopic (exact) mass is 411 g/mol. The lowest BCUT2D eigenvalue weighted by molar-refractivity contribution is -0.138. The Labute approximate surface area is 165 Å². The molecule has 0 fully saturated rings. The van der Waals surface area contributed by atoms with Crippen LogP contribution >= 0.6 is 11.8 Å². The van der Waals surface area contributed by atoms with Crippen LogP contribution in [0.1, 0.15) is 48.7 Å². The van der Waals surface area contributed by atoms with Crippen LogP contribution in [0.3, 0.4) is 0 Å². The van der Waals surface area contributed by atoms with Crippen LogP contribution in [-0.2, 0) is 16.4 Å². The van der Waals surface area contributed by atoms with E-state index in [1.54, 1.807) is 12.1 Å². The van der Waals surface area contributed by atoms with Crippen molar-refractivity contribution < 1.29 is 27.9 Å². The third kappa shape index (κ3) is 5.82. The minimum Gasteiger partial charge on any atom is -0.480 e. The number of rotatable bonds is 6. The average molecular weight is 411 g/mol. The Morgan fingerprint density at radius 3 is 2.04 bits per heavy atom. The first-order chi connectivity index (χ1) is 12.9. The minimum absolute atomic E-state index is 0.0741. The molecular weight excluding hydrogens is 391 g/mol. The second kappa shape index (κ2) is 8.34. The molecule has 150 valence electrons. The van der Waals surface area contributed by atoms with Gasteiger partial charge in [-0.1, -0.05) is 56.8 Å². The van der Waals surface area contributed by atoms with E-state index < -0.39 is 23.0 Å². The normalized spacial score (nSPS) is 13.2. The number of aliphatic carboxylic acids is 1. The van der Waals surface area contributed by atoms with Gasteiger partial charge >= 0.3 is 12.1 Å². The van der Waals surface area contributed by atoms with Gasteiger partial charge in [0.2, 0.25) is 0 Å². The van der Waals surface area contributed by atoms with Gasteiger partial charge < -0.3 is 5.11 Å². The molecule has 0 bridgehead atoms. The van der Waals surface area contributed by atoms with Gasteiger partial charge in [0.1, 0.15) is 5.25 Å². The summed E-state index contributed by atoms with van der Waals surface area (Å²) in [5.41, 5.74) is 0.441. The van der Waals surface area contributed by atoms with Crippen LogP contribution in [0.15, 0.2) is 47.6 Å². The molecular formula is C20H20F3NO3S. The Hall–Kier alpha value is -2.35. The lowest BCUT2D eigenvalue weighted by Gasteiger charge is -2.19. The average Bonchev–Trinajstić information content (AvgIpc) is 2.60. The maximum absolute atomic E-state index is 12.6. The van der Waals surface area contributed by atoms with Crippen molar-refractivity contribution in [2.45, 2.75) is 49.1 Å². The second-order valence-corrected chi connectivity index (χ2v) is 8.51. The van der Waals surface area contributed by atoms with Gasteiger partial charge in [-0.25, -0.2) is 4.98 Å². The maximum Gasteiger partial charge on any atom is 0.417 e. The Morgan fingerprint density at radius 1 is 1.04 bits per heavy atom. The quantitative estimate of drug-likeness (QED) is 0.522. The van der Waals surface area contributed by atoms with E-state index in [9.17, 15) is 27.9 Å². The van der Waals surface area contributed by atoms with Crippen LogP contribution in [0, 0.1) is 0 Å². The summed E-state index contributed by atoms with van der Waals surface area (Å²) >= 11 is 0.748. The van der Waals surface area contributed by atoms with Crippen molar-refractivity contribution in [2.75, 3.05) is 0 Å². The summed E-state index contributed by atoms with van der Waals surface area (Å²) in [5, 5.41) is 8.34. The van der Waals surface area contributed by atoms with Gasteiger partial charge in [-0.3, -0.25) is 9.59 Å². The molecule has 8 heteroatoms. The number of halogens is 3. The number of carbonyl (C=O) groups is 2. The topological polar surface area (TPSA) is 67.3 Å². The molecule has 0 spiro atoms. The van der Waals surface area contributed by atoms with Crippen molar-refractivity contribution >= 4 is 23.5 Å². The molecule has 1 atom stereocenters. The largest absolute Gasteiger partial charge is 0.480 e. The fourth-order valence-corrected chi connectivity index (χ4v) is 3.27. The molecule has 0 radical (unpaired) electrons. The lowest BCUT2D eigenvalue weighted by atomic mass is 9.86. The molecule has 0 amide bonds. The molecule has 2 aromatic rings. The molecule has 1 aromatic carbocycles. The van der Waals surface area contributed by atoms with E-state index in [1.165, 1.54) is 0 Å². The number of Topliss-reactive ketones (excluding diaryl/α,β-unsaturated/α-hetero) is 1. The predicted octanol–water partition coefficient (Wildman–Crippen LogP) is 5.22. The molecule has 0 saturated carbocycles. The number of hydrogen-bond acceptors (Lipinski definition) is 4. The maximum atomic E-state index is 12.6. The zero-order valence-electron chi connectivity index (χ0n) is 15.6. The van der Waals surface area contributed by atoms with Gasteiger partial charge in [0.15, 0.2) is 5.78 Å². The lowest BCUT2D eigenvalue weighted by Crippen LogP contribution is -2.21. The van der Waals surface area contributed by atoms with E-state index in [0.717, 1.165) is 29.5 Å². The number of carbonyl (C=O) groups excluding carboxylic acids is 1. The Morgan fingerprint density at radius 2 is 1.61 bits per heavy atom. The first-order valence-corrected chi connectivity index (χ1v) is 9.32. The Balaban J connectivity index is 2.10. The zero-order valence-corrected chi connectivity index (χ0v) is 16.4. The van der Waals surface area contributed by atoms with Gasteiger partial charge in [-0.05, 0) is 23.1 Å². The molecule has 1 heterocycles. The summed E-state index contributed by atoms with van der Waals surface area (Å²) in [6.45, 7) is 6.12. The zero-order chi connectivity index (χ0) is 21.1. The molecule has 0 aliphatic carbocycles. The number of carboxylic acid groups (broad SMARTS) is 1. The van der Waals surface area contributed by atoms with E-state index >= 15 is 0 Å². The van der Waals surface area contributed by atoms with Crippen LogP contribution in [0.25, 0.3) is 0 Å². The SMILES string of the molecule is CC(C)(C)c1ccc(C(=O)C[C@H](Sc2ccc(C(F)(F)F)cn2)C(=O)O)cc1. The summed E-state index contributed by atoms with van der Waals surface area (Å²) in [4.78, 5) is 27.6. The van der Waals surface area contributed by atoms with Crippen molar-refractivity contribution in [3.63, 3.8) is 0 Å². The molecule has 0 saturated heterocycles. The van der Waals surface area contributed by atoms with Crippen molar-refractivity contribution in [2.24, 2.45) is 0 Å². The number of pyridine rings is 1. The number of benzene rings is 1. The molecule has 0 aliphatic rings. The van der Waals surface area contributed by atoms with Crippen LogP contribution in [0.5, 0.6) is 0 Å². The van der Waals surface area contributed by atoms with Crippen molar-refractivity contribution in [1.29, 1.82) is 0 Å². The van der Waals surface area contributed by atoms with Gasteiger partial charge in [0, 0.05) is 18.2 Å². The highest BCUT2D eigenvalue weighted by Crippen LogP contribution is 2.31. The third-order valence-electron chi connectivity index (χ3n) is 4.05. The van der Waals surface area contributed by atoms with Gasteiger partial charge in [0.25, 0.3) is 0 Å². The van der Waals surface area contributed by atoms with Crippen LogP contribution in [0.2, 0.25) is 0 Å². The predicted molar refractivity (Wildman–Crippen MR) is 101 cm³/mol. The highest BCUT2D eigenvalue weighted by atomic mass is 32.2. The van der Waals surface area contributed by atoms with E-state index in [4.69, 9.17) is 0 Å². The summed E-state index contributed by atoms with van der Waals surface area (Å²) in [7, 11) is 0. The number of thioether (sulfide) groups is 1. The first kappa shape index (κ1) is 21.9. The highest BCUT2D eigenvalue weighted by Gasteiger charge is 2.31. The summed E-state index contributed by atoms with van der Waals surface area (Å²) in [5.74, 6) is -1.58. The van der Waals surface area contributed by atoms with Crippen LogP contribution < -0.4 is 0 Å². The van der Waals surface area contributed by atoms with Crippen LogP contribution in [-0.4, -0.2) is 27.1 Å². The minimum atomic E-state index is -4.52. The number of carboxylic acids is 1. The van der Waals surface area contributed by atoms with Gasteiger partial charge in [0.05, 0.1) is 10.6 Å². The molecule has 0 unspecified atom stereocenters. The van der Waals surface area contributed by atoms with E-state index in [0.29, 0.717) is 11.8 Å². The molecule has 4 nitrogen and oxygen atoms in total. The number of hydrogen-bond donors (Lipinski definition) is 1. The molecule has 2 rings (SSSR count). The number of nitrogens with zero attached hydrogens (tertiary/aromatic N) is 1. The summed E-state index contributed by atoms with van der Waals surface area (Å²) in [6.07, 6.45) is -4.16. The smallest absolute Gasteiger partial charge is 0.417 e. The number of ketones is 1. The van der Waals surface area contributed by atoms with E-state index in [-0.39, 0.29) is 22.6 Å². The molecule has 1 N–H and O–H groups in total. The van der Waals surface area contributed by atoms with E-state index in [2.05, 4.69) is 4.98 Å². The molecule has 1 aromatic heterocycles. The van der Waals surface area contributed by atoms with Gasteiger partial charge in [-0.2, -0.15) is 13.2 Å². The second-order valence-electron chi connectivity index (χ2n) is 7.28. The Kier molecular flexibility index (Phi) is 6.54. The number of aromatic nitrogens is 1. The first-order valence-electron chi connectivity index (χ1n) is 8.44. The van der Waals surface area contributed by atoms with Crippen molar-refractivity contribution in [3.05, 3.63) is 59.3 Å². The fourth-order valence-electron chi connectivity index (χ4n) is 2.39. The van der Waals surface area contributed by atoms with Crippen molar-refractivity contribution in [1.82, 2.24) is 4.98 Å². The molecule has 0 aliphatic heterocycles.